The topological polar surface area (TPSA) is 17.1 Å². The average Bonchev–Trinajstić information content (AvgIpc) is 2.24. The van der Waals surface area contributed by atoms with Gasteiger partial charge in [0.05, 0.1) is 9.93 Å². The molecule has 0 atom stereocenters. The van der Waals surface area contributed by atoms with Crippen molar-refractivity contribution in [2.24, 2.45) is 0 Å². The van der Waals surface area contributed by atoms with Crippen LogP contribution >= 0.6 is 23.4 Å². The Morgan fingerprint density at radius 2 is 2.07 bits per heavy atom. The highest BCUT2D eigenvalue weighted by Gasteiger charge is 2.15. The molecule has 0 spiro atoms. The summed E-state index contributed by atoms with van der Waals surface area (Å²) in [5.41, 5.74) is 0. The number of Topliss-reactive ketones (excluding diaryl/α,β-unsaturated/α-hetero) is 1. The molecule has 0 aliphatic heterocycles. The van der Waals surface area contributed by atoms with Crippen LogP contribution < -0.4 is 0 Å². The van der Waals surface area contributed by atoms with E-state index in [0.29, 0.717) is 11.4 Å². The van der Waals surface area contributed by atoms with Crippen molar-refractivity contribution in [1.29, 1.82) is 0 Å². The van der Waals surface area contributed by atoms with E-state index in [9.17, 15) is 4.79 Å². The van der Waals surface area contributed by atoms with E-state index in [-0.39, 0.29) is 5.78 Å². The molecule has 1 aromatic carbocycles. The van der Waals surface area contributed by atoms with Crippen LogP contribution in [0.5, 0.6) is 0 Å². The lowest BCUT2D eigenvalue weighted by Gasteiger charge is -2.11. The summed E-state index contributed by atoms with van der Waals surface area (Å²) in [4.78, 5) is 13.4. The zero-order valence-electron chi connectivity index (χ0n) is 8.20. The molecule has 0 fully saturated rings. The molecular weight excluding hydrogens is 228 g/mol. The van der Waals surface area contributed by atoms with Crippen molar-refractivity contribution in [2.75, 3.05) is 0 Å². The standard InChI is InChI=1S/C12H11ClOS/c13-9-5-1-3-7-11(9)15-12-8-4-2-6-10(12)14/h1,3,5,7-8H,2,4,6H2. The number of thioether (sulfide) groups is 1. The van der Waals surface area contributed by atoms with Crippen LogP contribution in [0, 0.1) is 0 Å². The van der Waals surface area contributed by atoms with Crippen molar-refractivity contribution in [3.63, 3.8) is 0 Å². The third kappa shape index (κ3) is 2.64. The maximum Gasteiger partial charge on any atom is 0.169 e. The largest absolute Gasteiger partial charge is 0.294 e. The monoisotopic (exact) mass is 238 g/mol. The van der Waals surface area contributed by atoms with Gasteiger partial charge in [0.25, 0.3) is 0 Å². The molecule has 0 N–H and O–H groups in total. The molecule has 15 heavy (non-hydrogen) atoms. The van der Waals surface area contributed by atoms with Crippen LogP contribution in [0.25, 0.3) is 0 Å². The van der Waals surface area contributed by atoms with Crippen LogP contribution in [0.15, 0.2) is 40.1 Å². The highest BCUT2D eigenvalue weighted by molar-refractivity contribution is 8.04. The summed E-state index contributed by atoms with van der Waals surface area (Å²) in [6.45, 7) is 0. The van der Waals surface area contributed by atoms with Crippen molar-refractivity contribution in [3.05, 3.63) is 40.3 Å². The summed E-state index contributed by atoms with van der Waals surface area (Å²) in [6.07, 6.45) is 4.66. The molecule has 1 aromatic rings. The molecule has 0 heterocycles. The molecule has 0 aromatic heterocycles. The molecule has 0 saturated heterocycles. The van der Waals surface area contributed by atoms with Gasteiger partial charge >= 0.3 is 0 Å². The summed E-state index contributed by atoms with van der Waals surface area (Å²) in [5.74, 6) is 0.242. The lowest BCUT2D eigenvalue weighted by molar-refractivity contribution is -0.115. The first kappa shape index (κ1) is 10.8. The molecule has 1 aliphatic rings. The highest BCUT2D eigenvalue weighted by Crippen LogP contribution is 2.35. The van der Waals surface area contributed by atoms with Gasteiger partial charge in [-0.05, 0) is 25.0 Å². The van der Waals surface area contributed by atoms with Crippen LogP contribution in [-0.4, -0.2) is 5.78 Å². The number of hydrogen-bond acceptors (Lipinski definition) is 2. The minimum atomic E-state index is 0.242. The van der Waals surface area contributed by atoms with E-state index in [0.717, 1.165) is 22.6 Å². The number of hydrogen-bond donors (Lipinski definition) is 0. The number of benzene rings is 1. The molecule has 0 saturated carbocycles. The number of allylic oxidation sites excluding steroid dienone is 2. The minimum absolute atomic E-state index is 0.242. The van der Waals surface area contributed by atoms with Crippen molar-refractivity contribution >= 4 is 29.1 Å². The third-order valence-electron chi connectivity index (χ3n) is 2.27. The van der Waals surface area contributed by atoms with Crippen LogP contribution in [-0.2, 0) is 4.79 Å². The van der Waals surface area contributed by atoms with Gasteiger partial charge in [0.1, 0.15) is 0 Å². The molecule has 1 nitrogen and oxygen atoms in total. The Morgan fingerprint density at radius 1 is 1.27 bits per heavy atom. The first-order chi connectivity index (χ1) is 7.27. The van der Waals surface area contributed by atoms with Gasteiger partial charge in [0, 0.05) is 11.3 Å². The fourth-order valence-corrected chi connectivity index (χ4v) is 2.69. The fraction of sp³-hybridized carbons (Fsp3) is 0.250. The summed E-state index contributed by atoms with van der Waals surface area (Å²) < 4.78 is 0. The van der Waals surface area contributed by atoms with Crippen molar-refractivity contribution in [2.45, 2.75) is 24.2 Å². The van der Waals surface area contributed by atoms with E-state index in [4.69, 9.17) is 11.6 Å². The second-order valence-corrected chi connectivity index (χ2v) is 4.91. The Labute approximate surface area is 98.5 Å². The van der Waals surface area contributed by atoms with Gasteiger partial charge in [0.2, 0.25) is 0 Å². The molecular formula is C12H11ClOS. The number of carbonyl (C=O) groups is 1. The van der Waals surface area contributed by atoms with Gasteiger partial charge in [-0.15, -0.1) is 0 Å². The quantitative estimate of drug-likeness (QED) is 0.773. The molecule has 78 valence electrons. The molecule has 0 radical (unpaired) electrons. The number of rotatable bonds is 2. The van der Waals surface area contributed by atoms with E-state index in [1.54, 1.807) is 0 Å². The van der Waals surface area contributed by atoms with E-state index in [1.807, 2.05) is 30.3 Å². The summed E-state index contributed by atoms with van der Waals surface area (Å²) in [6, 6.07) is 7.61. The van der Waals surface area contributed by atoms with Crippen molar-refractivity contribution in [1.82, 2.24) is 0 Å². The molecule has 0 amide bonds. The fourth-order valence-electron chi connectivity index (χ4n) is 1.48. The minimum Gasteiger partial charge on any atom is -0.294 e. The maximum absolute atomic E-state index is 11.6. The molecule has 1 aliphatic carbocycles. The number of halogens is 1. The summed E-state index contributed by atoms with van der Waals surface area (Å²) in [7, 11) is 0. The van der Waals surface area contributed by atoms with Gasteiger partial charge in [-0.3, -0.25) is 4.79 Å². The molecule has 3 heteroatoms. The highest BCUT2D eigenvalue weighted by atomic mass is 35.5. The molecule has 0 unspecified atom stereocenters. The summed E-state index contributed by atoms with van der Waals surface area (Å²) in [5, 5.41) is 0.710. The Hall–Kier alpha value is -0.730. The first-order valence-corrected chi connectivity index (χ1v) is 6.12. The smallest absolute Gasteiger partial charge is 0.169 e. The second kappa shape index (κ2) is 4.86. The van der Waals surface area contributed by atoms with E-state index in [1.165, 1.54) is 11.8 Å². The van der Waals surface area contributed by atoms with Gasteiger partial charge in [-0.1, -0.05) is 41.6 Å². The Morgan fingerprint density at radius 3 is 2.80 bits per heavy atom. The van der Waals surface area contributed by atoms with Crippen molar-refractivity contribution in [3.8, 4) is 0 Å². The first-order valence-electron chi connectivity index (χ1n) is 4.93. The lowest BCUT2D eigenvalue weighted by Crippen LogP contribution is -2.03. The van der Waals surface area contributed by atoms with Crippen LogP contribution in [0.1, 0.15) is 19.3 Å². The van der Waals surface area contributed by atoms with Crippen LogP contribution in [0.2, 0.25) is 5.02 Å². The number of ketones is 1. The van der Waals surface area contributed by atoms with E-state index in [2.05, 4.69) is 0 Å². The predicted molar refractivity (Wildman–Crippen MR) is 64.3 cm³/mol. The Balaban J connectivity index is 2.18. The third-order valence-corrected chi connectivity index (χ3v) is 3.90. The van der Waals surface area contributed by atoms with Crippen molar-refractivity contribution < 1.29 is 4.79 Å². The van der Waals surface area contributed by atoms with Gasteiger partial charge in [-0.2, -0.15) is 0 Å². The SMILES string of the molecule is O=C1CCCC=C1Sc1ccccc1Cl. The Bertz CT molecular complexity index is 412. The zero-order valence-corrected chi connectivity index (χ0v) is 9.77. The normalized spacial score (nSPS) is 16.3. The molecule has 2 rings (SSSR count). The summed E-state index contributed by atoms with van der Waals surface area (Å²) >= 11 is 7.51. The van der Waals surface area contributed by atoms with Gasteiger partial charge < -0.3 is 0 Å². The maximum atomic E-state index is 11.6. The number of carbonyl (C=O) groups excluding carboxylic acids is 1. The average molecular weight is 239 g/mol. The van der Waals surface area contributed by atoms with E-state index < -0.39 is 0 Å². The van der Waals surface area contributed by atoms with E-state index >= 15 is 0 Å². The van der Waals surface area contributed by atoms with Crippen LogP contribution in [0.4, 0.5) is 0 Å². The predicted octanol–water partition coefficient (Wildman–Crippen LogP) is 4.07. The molecule has 0 bridgehead atoms. The second-order valence-electron chi connectivity index (χ2n) is 3.42. The lowest BCUT2D eigenvalue weighted by atomic mass is 10.1. The van der Waals surface area contributed by atoms with Gasteiger partial charge in [0.15, 0.2) is 5.78 Å². The van der Waals surface area contributed by atoms with Gasteiger partial charge in [-0.25, -0.2) is 0 Å². The Kier molecular flexibility index (Phi) is 3.49. The van der Waals surface area contributed by atoms with Crippen LogP contribution in [0.3, 0.4) is 0 Å². The zero-order chi connectivity index (χ0) is 10.7.